The summed E-state index contributed by atoms with van der Waals surface area (Å²) in [5.41, 5.74) is 0. The molecule has 0 heterocycles. The van der Waals surface area contributed by atoms with Gasteiger partial charge in [-0.15, -0.1) is 0 Å². The first-order chi connectivity index (χ1) is 6.96. The maximum Gasteiger partial charge on any atom is 2.00 e. The molecule has 0 amide bonds. The molecule has 0 aromatic carbocycles. The molecule has 0 aliphatic rings. The van der Waals surface area contributed by atoms with Crippen LogP contribution in [-0.4, -0.2) is 63.7 Å². The van der Waals surface area contributed by atoms with E-state index in [1.165, 1.54) is 0 Å². The molecule has 0 aromatic heterocycles. The van der Waals surface area contributed by atoms with Crippen molar-refractivity contribution in [2.24, 2.45) is 0 Å². The van der Waals surface area contributed by atoms with Crippen molar-refractivity contribution in [2.75, 3.05) is 0 Å². The van der Waals surface area contributed by atoms with Gasteiger partial charge in [0.1, 0.15) is 20.2 Å². The summed E-state index contributed by atoms with van der Waals surface area (Å²) in [5.74, 6) is 0. The second kappa shape index (κ2) is 9.48. The van der Waals surface area contributed by atoms with Gasteiger partial charge < -0.3 is 9.11 Å². The molecular weight excluding hydrogens is 296 g/mol. The minimum absolute atomic E-state index is 0. The van der Waals surface area contributed by atoms with Crippen molar-refractivity contribution < 1.29 is 25.9 Å². The van der Waals surface area contributed by atoms with Crippen LogP contribution in [0, 0.1) is 0 Å². The fourth-order valence-electron chi connectivity index (χ4n) is 0.354. The molecule has 0 N–H and O–H groups in total. The molecule has 0 saturated heterocycles. The Morgan fingerprint density at radius 3 is 1.06 bits per heavy atom. The molecule has 0 aliphatic heterocycles. The fourth-order valence-corrected chi connectivity index (χ4v) is 1.06. The maximum atomic E-state index is 9.91. The van der Waals surface area contributed by atoms with E-state index in [-0.39, 0.29) is 60.4 Å². The first-order valence-electron chi connectivity index (χ1n) is 4.24. The topological polar surface area (TPSA) is 114 Å². The number of hydrogen-bond donors (Lipinski definition) is 0. The third kappa shape index (κ3) is 12.8. The Morgan fingerprint density at radius 2 is 1.06 bits per heavy atom. The van der Waals surface area contributed by atoms with Crippen molar-refractivity contribution in [3.8, 4) is 0 Å². The van der Waals surface area contributed by atoms with Crippen LogP contribution in [0.2, 0.25) is 0 Å². The van der Waals surface area contributed by atoms with E-state index >= 15 is 0 Å². The van der Waals surface area contributed by atoms with E-state index < -0.39 is 20.2 Å². The Labute approximate surface area is 132 Å². The summed E-state index contributed by atoms with van der Waals surface area (Å²) in [6.45, 7) is 9.22. The Kier molecular flexibility index (Phi) is 12.7. The number of allylic oxidation sites excluding steroid dienone is 2. The van der Waals surface area contributed by atoms with Crippen LogP contribution >= 0.6 is 0 Å². The van der Waals surface area contributed by atoms with Gasteiger partial charge in [-0.05, 0) is 12.8 Å². The first kappa shape index (κ1) is 22.7. The van der Waals surface area contributed by atoms with Crippen LogP contribution in [0.1, 0.15) is 26.7 Å². The molecule has 96 valence electrons. The summed E-state index contributed by atoms with van der Waals surface area (Å²) in [6.07, 6.45) is 0.400. The summed E-state index contributed by atoms with van der Waals surface area (Å²) in [4.78, 5) is -0.505. The van der Waals surface area contributed by atoms with Crippen molar-refractivity contribution in [1.29, 1.82) is 0 Å². The molecule has 9 heteroatoms. The predicted molar refractivity (Wildman–Crippen MR) is 64.0 cm³/mol. The standard InChI is InChI=1S/2C4H8O3S.Ca/c2*1-3-4(2)8(5,6)7;/h2*2-3H2,1H3,(H,5,6,7);/q;;+2/p-2. The number of hydrogen-bond acceptors (Lipinski definition) is 6. The molecule has 0 aromatic rings. The summed E-state index contributed by atoms with van der Waals surface area (Å²) in [7, 11) is -8.39. The largest absolute Gasteiger partial charge is 2.00 e. The second-order valence-electron chi connectivity index (χ2n) is 2.69. The van der Waals surface area contributed by atoms with E-state index in [1.54, 1.807) is 13.8 Å². The predicted octanol–water partition coefficient (Wildman–Crippen LogP) is 0.530. The van der Waals surface area contributed by atoms with Gasteiger partial charge in [-0.25, -0.2) is 16.8 Å². The van der Waals surface area contributed by atoms with E-state index in [0.29, 0.717) is 0 Å². The van der Waals surface area contributed by atoms with Gasteiger partial charge in [-0.1, -0.05) is 27.0 Å². The van der Waals surface area contributed by atoms with Crippen molar-refractivity contribution >= 4 is 58.0 Å². The van der Waals surface area contributed by atoms with Gasteiger partial charge in [0.2, 0.25) is 0 Å². The summed E-state index contributed by atoms with van der Waals surface area (Å²) >= 11 is 0. The van der Waals surface area contributed by atoms with Gasteiger partial charge in [0.25, 0.3) is 0 Å². The van der Waals surface area contributed by atoms with Gasteiger partial charge in [-0.2, -0.15) is 0 Å². The Morgan fingerprint density at radius 1 is 0.882 bits per heavy atom. The normalized spacial score (nSPS) is 10.6. The van der Waals surface area contributed by atoms with E-state index in [0.717, 1.165) is 0 Å². The van der Waals surface area contributed by atoms with Gasteiger partial charge in [0, 0.05) is 9.81 Å². The van der Waals surface area contributed by atoms with Crippen molar-refractivity contribution in [1.82, 2.24) is 0 Å². The Bertz CT molecular complexity index is 404. The van der Waals surface area contributed by atoms with E-state index in [4.69, 9.17) is 0 Å². The van der Waals surface area contributed by atoms with Gasteiger partial charge in [0.05, 0.1) is 0 Å². The molecule has 0 radical (unpaired) electrons. The molecule has 0 unspecified atom stereocenters. The smallest absolute Gasteiger partial charge is 0.744 e. The van der Waals surface area contributed by atoms with Crippen LogP contribution in [0.25, 0.3) is 0 Å². The van der Waals surface area contributed by atoms with Crippen LogP contribution < -0.4 is 0 Å². The molecule has 0 saturated carbocycles. The van der Waals surface area contributed by atoms with Crippen LogP contribution in [0.15, 0.2) is 23.0 Å². The molecule has 0 rings (SSSR count). The molecule has 0 atom stereocenters. The second-order valence-corrected chi connectivity index (χ2v) is 5.66. The third-order valence-corrected chi connectivity index (χ3v) is 3.49. The van der Waals surface area contributed by atoms with Gasteiger partial charge in [0.15, 0.2) is 0 Å². The fraction of sp³-hybridized carbons (Fsp3) is 0.500. The van der Waals surface area contributed by atoms with Crippen molar-refractivity contribution in [3.63, 3.8) is 0 Å². The summed E-state index contributed by atoms with van der Waals surface area (Å²) < 4.78 is 59.4. The number of rotatable bonds is 4. The zero-order valence-corrected chi connectivity index (χ0v) is 13.6. The van der Waals surface area contributed by atoms with E-state index in [1.807, 2.05) is 0 Å². The average molecular weight is 310 g/mol. The SMILES string of the molecule is C=C(CC)S(=O)(=O)[O-].C=C(CC)S(=O)(=O)[O-].[Ca+2]. The average Bonchev–Trinajstić information content (AvgIpc) is 2.13. The van der Waals surface area contributed by atoms with Crippen molar-refractivity contribution in [2.45, 2.75) is 26.7 Å². The molecule has 0 bridgehead atoms. The molecule has 0 spiro atoms. The summed E-state index contributed by atoms with van der Waals surface area (Å²) in [6, 6.07) is 0. The molecular formula is C8H14CaO6S2. The van der Waals surface area contributed by atoms with Crippen LogP contribution in [-0.2, 0) is 20.2 Å². The van der Waals surface area contributed by atoms with Crippen LogP contribution in [0.3, 0.4) is 0 Å². The Balaban J connectivity index is -0.000000218. The van der Waals surface area contributed by atoms with Crippen LogP contribution in [0.4, 0.5) is 0 Å². The monoisotopic (exact) mass is 310 g/mol. The zero-order chi connectivity index (χ0) is 13.6. The quantitative estimate of drug-likeness (QED) is 0.552. The van der Waals surface area contributed by atoms with Gasteiger partial charge in [-0.3, -0.25) is 0 Å². The van der Waals surface area contributed by atoms with E-state index in [2.05, 4.69) is 13.2 Å². The minimum Gasteiger partial charge on any atom is -0.744 e. The Hall–Kier alpha value is 0.560. The van der Waals surface area contributed by atoms with Gasteiger partial charge >= 0.3 is 37.7 Å². The summed E-state index contributed by atoms with van der Waals surface area (Å²) in [5, 5.41) is 0. The first-order valence-corrected chi connectivity index (χ1v) is 7.05. The molecule has 0 fully saturated rings. The van der Waals surface area contributed by atoms with E-state index in [9.17, 15) is 25.9 Å². The molecule has 17 heavy (non-hydrogen) atoms. The maximum absolute atomic E-state index is 9.91. The molecule has 0 aliphatic carbocycles. The third-order valence-electron chi connectivity index (χ3n) is 1.50. The van der Waals surface area contributed by atoms with Crippen molar-refractivity contribution in [3.05, 3.63) is 23.0 Å². The zero-order valence-electron chi connectivity index (χ0n) is 9.80. The van der Waals surface area contributed by atoms with Crippen LogP contribution in [0.5, 0.6) is 0 Å². The molecule has 6 nitrogen and oxygen atoms in total. The minimum atomic E-state index is -4.20.